The van der Waals surface area contributed by atoms with Crippen LogP contribution in [-0.2, 0) is 32.7 Å². The molecule has 0 amide bonds. The molecular weight excluding hydrogens is 1180 g/mol. The maximum Gasteiger partial charge on any atom is 0.472 e. The standard InChI is InChI=1S/C84H150NO8P/c1-3-5-7-9-11-13-15-17-19-21-23-25-27-29-31-33-35-37-39-40-41-43-44-46-48-50-52-54-56-58-60-62-64-66-68-70-72-74-76-83(86)90-80-82(81-92-94(88,89)91-79-78-85)93-84(87)77-75-73-71-69-67-65-63-61-59-57-55-53-51-49-47-45-42-38-36-34-32-30-28-26-24-22-20-18-16-14-12-10-8-6-4-2/h6,8,12,14,18,20,24,26,30,32,36,38,45,47,51,53,57,59,82H,3-5,7,9-11,13,15-17,19,21-23,25,27-29,31,33-35,37,39-44,46,48-50,52,54-56,58,60-81,85H2,1-2H3,(H,88,89)/b8-6-,14-12-,20-18-,26-24-,32-30-,38-36-,47-45-,53-51-,59-57-. The Balaban J connectivity index is 3.84. The van der Waals surface area contributed by atoms with Gasteiger partial charge in [0.25, 0.3) is 0 Å². The molecular formula is C84H150NO8P. The Bertz CT molecular complexity index is 1920. The number of nitrogens with two attached hydrogens (primary N) is 1. The molecule has 0 aliphatic rings. The zero-order chi connectivity index (χ0) is 67.9. The zero-order valence-electron chi connectivity index (χ0n) is 61.4. The van der Waals surface area contributed by atoms with Crippen molar-refractivity contribution in [1.82, 2.24) is 0 Å². The first-order valence-electron chi connectivity index (χ1n) is 39.9. The van der Waals surface area contributed by atoms with Gasteiger partial charge in [0.15, 0.2) is 6.10 Å². The van der Waals surface area contributed by atoms with E-state index in [4.69, 9.17) is 24.3 Å². The van der Waals surface area contributed by atoms with Crippen LogP contribution in [0.1, 0.15) is 380 Å². The van der Waals surface area contributed by atoms with Crippen molar-refractivity contribution < 1.29 is 37.6 Å². The van der Waals surface area contributed by atoms with Crippen LogP contribution in [0.15, 0.2) is 109 Å². The van der Waals surface area contributed by atoms with Crippen LogP contribution < -0.4 is 5.73 Å². The molecule has 0 fully saturated rings. The summed E-state index contributed by atoms with van der Waals surface area (Å²) in [5.74, 6) is -0.831. The van der Waals surface area contributed by atoms with Crippen LogP contribution >= 0.6 is 7.82 Å². The number of phosphoric ester groups is 1. The van der Waals surface area contributed by atoms with Gasteiger partial charge in [0.05, 0.1) is 13.2 Å². The van der Waals surface area contributed by atoms with Gasteiger partial charge in [-0.2, -0.15) is 0 Å². The van der Waals surface area contributed by atoms with Crippen LogP contribution in [0.5, 0.6) is 0 Å². The van der Waals surface area contributed by atoms with Gasteiger partial charge in [0, 0.05) is 19.4 Å². The number of ether oxygens (including phenoxy) is 2. The molecule has 0 spiro atoms. The van der Waals surface area contributed by atoms with Crippen molar-refractivity contribution in [3.63, 3.8) is 0 Å². The Hall–Kier alpha value is -3.33. The predicted octanol–water partition coefficient (Wildman–Crippen LogP) is 26.8. The molecule has 2 atom stereocenters. The summed E-state index contributed by atoms with van der Waals surface area (Å²) in [6, 6.07) is 0. The maximum absolute atomic E-state index is 12.8. The number of allylic oxidation sites excluding steroid dienone is 18. The fourth-order valence-electron chi connectivity index (χ4n) is 11.6. The van der Waals surface area contributed by atoms with Crippen LogP contribution in [0.2, 0.25) is 0 Å². The minimum atomic E-state index is -4.41. The molecule has 94 heavy (non-hydrogen) atoms. The van der Waals surface area contributed by atoms with Crippen LogP contribution in [0.3, 0.4) is 0 Å². The van der Waals surface area contributed by atoms with Crippen LogP contribution in [0.4, 0.5) is 0 Å². The lowest BCUT2D eigenvalue weighted by Crippen LogP contribution is -2.29. The highest BCUT2D eigenvalue weighted by Gasteiger charge is 2.26. The predicted molar refractivity (Wildman–Crippen MR) is 408 cm³/mol. The summed E-state index contributed by atoms with van der Waals surface area (Å²) >= 11 is 0. The molecule has 0 heterocycles. The molecule has 0 aromatic heterocycles. The van der Waals surface area contributed by atoms with Gasteiger partial charge in [0.1, 0.15) is 6.61 Å². The fraction of sp³-hybridized carbons (Fsp3) is 0.762. The van der Waals surface area contributed by atoms with Gasteiger partial charge in [-0.05, 0) is 83.5 Å². The molecule has 0 saturated carbocycles. The second-order valence-electron chi connectivity index (χ2n) is 26.6. The number of hydrogen-bond donors (Lipinski definition) is 2. The SMILES string of the molecule is CC/C=C\C/C=C\C/C=C\C/C=C\C/C=C\C/C=C\C/C=C\C/C=C\C/C=C\CCCCCCCCCC(=O)OC(COC(=O)CCCCCCCCCCCCCCCCCCCCCCCCCCCCCCCCCCCCCCCC)COP(=O)(O)OCCN. The average Bonchev–Trinajstić information content (AvgIpc) is 3.26. The van der Waals surface area contributed by atoms with Crippen LogP contribution in [0.25, 0.3) is 0 Å². The van der Waals surface area contributed by atoms with Crippen molar-refractivity contribution in [2.75, 3.05) is 26.4 Å². The molecule has 544 valence electrons. The van der Waals surface area contributed by atoms with Gasteiger partial charge < -0.3 is 20.1 Å². The Kier molecular flexibility index (Phi) is 75.9. The molecule has 0 aromatic carbocycles. The Morgan fingerprint density at radius 3 is 0.872 bits per heavy atom. The second kappa shape index (κ2) is 78.7. The van der Waals surface area contributed by atoms with Crippen molar-refractivity contribution in [1.29, 1.82) is 0 Å². The van der Waals surface area contributed by atoms with Crippen molar-refractivity contribution >= 4 is 19.8 Å². The third-order valence-corrected chi connectivity index (χ3v) is 18.4. The summed E-state index contributed by atoms with van der Waals surface area (Å²) < 4.78 is 33.2. The molecule has 0 radical (unpaired) electrons. The third-order valence-electron chi connectivity index (χ3n) is 17.4. The molecule has 0 aliphatic carbocycles. The monoisotopic (exact) mass is 1330 g/mol. The van der Waals surface area contributed by atoms with Crippen LogP contribution in [-0.4, -0.2) is 49.3 Å². The van der Waals surface area contributed by atoms with E-state index in [0.717, 1.165) is 103 Å². The van der Waals surface area contributed by atoms with Crippen molar-refractivity contribution in [3.8, 4) is 0 Å². The Morgan fingerprint density at radius 1 is 0.330 bits per heavy atom. The molecule has 0 bridgehead atoms. The van der Waals surface area contributed by atoms with E-state index in [1.165, 1.54) is 244 Å². The van der Waals surface area contributed by atoms with E-state index in [0.29, 0.717) is 6.42 Å². The lowest BCUT2D eigenvalue weighted by atomic mass is 10.0. The second-order valence-corrected chi connectivity index (χ2v) is 28.0. The van der Waals surface area contributed by atoms with E-state index in [9.17, 15) is 19.0 Å². The Morgan fingerprint density at radius 2 is 0.585 bits per heavy atom. The van der Waals surface area contributed by atoms with E-state index >= 15 is 0 Å². The number of unbranched alkanes of at least 4 members (excludes halogenated alkanes) is 44. The van der Waals surface area contributed by atoms with Gasteiger partial charge in [-0.3, -0.25) is 18.6 Å². The summed E-state index contributed by atoms with van der Waals surface area (Å²) in [5, 5.41) is 0. The molecule has 0 saturated heterocycles. The highest BCUT2D eigenvalue weighted by Crippen LogP contribution is 2.43. The number of carbonyl (C=O) groups excluding carboxylic acids is 2. The fourth-order valence-corrected chi connectivity index (χ4v) is 12.3. The minimum absolute atomic E-state index is 0.0479. The summed E-state index contributed by atoms with van der Waals surface area (Å²) in [6.45, 7) is 3.66. The normalized spacial score (nSPS) is 13.4. The number of carbonyl (C=O) groups is 2. The van der Waals surface area contributed by atoms with Gasteiger partial charge >= 0.3 is 19.8 Å². The van der Waals surface area contributed by atoms with E-state index < -0.39 is 26.5 Å². The van der Waals surface area contributed by atoms with Gasteiger partial charge in [-0.25, -0.2) is 4.57 Å². The molecule has 10 heteroatoms. The van der Waals surface area contributed by atoms with Crippen molar-refractivity contribution in [2.24, 2.45) is 5.73 Å². The van der Waals surface area contributed by atoms with E-state index in [-0.39, 0.29) is 38.6 Å². The third kappa shape index (κ3) is 77.7. The maximum atomic E-state index is 12.8. The van der Waals surface area contributed by atoms with E-state index in [2.05, 4.69) is 123 Å². The highest BCUT2D eigenvalue weighted by atomic mass is 31.2. The summed E-state index contributed by atoms with van der Waals surface area (Å²) in [5.41, 5.74) is 5.41. The largest absolute Gasteiger partial charge is 0.472 e. The van der Waals surface area contributed by atoms with E-state index in [1.54, 1.807) is 0 Å². The Labute approximate surface area is 581 Å². The molecule has 2 unspecified atom stereocenters. The van der Waals surface area contributed by atoms with Gasteiger partial charge in [0.2, 0.25) is 0 Å². The molecule has 3 N–H and O–H groups in total. The number of esters is 2. The highest BCUT2D eigenvalue weighted by molar-refractivity contribution is 7.47. The van der Waals surface area contributed by atoms with Crippen molar-refractivity contribution in [3.05, 3.63) is 109 Å². The molecule has 0 aromatic rings. The van der Waals surface area contributed by atoms with Gasteiger partial charge in [-0.15, -0.1) is 0 Å². The van der Waals surface area contributed by atoms with Crippen molar-refractivity contribution in [2.45, 2.75) is 386 Å². The summed E-state index contributed by atoms with van der Waals surface area (Å²) in [6.07, 6.45) is 109. The summed E-state index contributed by atoms with van der Waals surface area (Å²) in [7, 11) is -4.41. The smallest absolute Gasteiger partial charge is 0.462 e. The molecule has 0 rings (SSSR count). The quantitative estimate of drug-likeness (QED) is 0.0264. The zero-order valence-corrected chi connectivity index (χ0v) is 62.3. The lowest BCUT2D eigenvalue weighted by Gasteiger charge is -2.19. The first-order valence-corrected chi connectivity index (χ1v) is 41.4. The van der Waals surface area contributed by atoms with Crippen LogP contribution in [0, 0.1) is 0 Å². The van der Waals surface area contributed by atoms with Gasteiger partial charge in [-0.1, -0.05) is 393 Å². The minimum Gasteiger partial charge on any atom is -0.462 e. The topological polar surface area (TPSA) is 134 Å². The number of phosphoric acid groups is 1. The molecule has 9 nitrogen and oxygen atoms in total. The summed E-state index contributed by atoms with van der Waals surface area (Å²) in [4.78, 5) is 35.4. The molecule has 0 aliphatic heterocycles. The lowest BCUT2D eigenvalue weighted by molar-refractivity contribution is -0.161. The van der Waals surface area contributed by atoms with E-state index in [1.807, 2.05) is 0 Å². The first-order chi connectivity index (χ1) is 46.3. The number of rotatable bonds is 75. The number of hydrogen-bond acceptors (Lipinski definition) is 8. The first kappa shape index (κ1) is 90.7. The average molecular weight is 1330 g/mol.